The van der Waals surface area contributed by atoms with E-state index in [9.17, 15) is 14.0 Å². The van der Waals surface area contributed by atoms with Crippen molar-refractivity contribution in [2.45, 2.75) is 32.2 Å². The first-order valence-electron chi connectivity index (χ1n) is 8.89. The van der Waals surface area contributed by atoms with Crippen LogP contribution in [-0.4, -0.2) is 52.9 Å². The zero-order valence-electron chi connectivity index (χ0n) is 14.3. The molecule has 2 aliphatic heterocycles. The number of H-pyrrole nitrogens is 1. The van der Waals surface area contributed by atoms with E-state index in [1.54, 1.807) is 17.9 Å². The monoisotopic (exact) mass is 343 g/mol. The van der Waals surface area contributed by atoms with Gasteiger partial charge in [0, 0.05) is 30.6 Å². The fraction of sp³-hybridized carbons (Fsp3) is 0.474. The minimum absolute atomic E-state index is 0.108. The highest BCUT2D eigenvalue weighted by Gasteiger charge is 2.32. The molecule has 0 bridgehead atoms. The molecule has 1 unspecified atom stereocenters. The third-order valence-corrected chi connectivity index (χ3v) is 5.39. The number of carbonyl (C=O) groups excluding carboxylic acids is 1. The van der Waals surface area contributed by atoms with Gasteiger partial charge in [0.2, 0.25) is 5.56 Å². The number of rotatable bonds is 2. The van der Waals surface area contributed by atoms with Gasteiger partial charge in [0.25, 0.3) is 5.91 Å². The molecule has 4 rings (SSSR count). The zero-order valence-corrected chi connectivity index (χ0v) is 14.3. The van der Waals surface area contributed by atoms with E-state index >= 15 is 0 Å². The summed E-state index contributed by atoms with van der Waals surface area (Å²) in [5.41, 5.74) is 0.677. The first-order valence-corrected chi connectivity index (χ1v) is 8.89. The molecule has 1 N–H and O–H groups in total. The molecule has 0 aliphatic carbocycles. The van der Waals surface area contributed by atoms with Crippen molar-refractivity contribution in [2.75, 3.05) is 26.2 Å². The first kappa shape index (κ1) is 16.3. The molecule has 3 heterocycles. The van der Waals surface area contributed by atoms with Crippen molar-refractivity contribution in [3.8, 4) is 0 Å². The number of hydrogen-bond acceptors (Lipinski definition) is 3. The second kappa shape index (κ2) is 6.26. The number of amides is 1. The maximum Gasteiger partial charge on any atom is 0.254 e. The number of benzene rings is 1. The van der Waals surface area contributed by atoms with Gasteiger partial charge < -0.3 is 9.88 Å². The second-order valence-corrected chi connectivity index (χ2v) is 7.15. The lowest BCUT2D eigenvalue weighted by Crippen LogP contribution is -2.37. The van der Waals surface area contributed by atoms with Crippen LogP contribution in [0.2, 0.25) is 0 Å². The van der Waals surface area contributed by atoms with Crippen molar-refractivity contribution in [1.82, 2.24) is 14.8 Å². The van der Waals surface area contributed by atoms with Gasteiger partial charge in [0.1, 0.15) is 5.82 Å². The van der Waals surface area contributed by atoms with Crippen molar-refractivity contribution >= 4 is 16.8 Å². The lowest BCUT2D eigenvalue weighted by molar-refractivity contribution is 0.0782. The normalized spacial score (nSPS) is 21.4. The molecule has 2 fully saturated rings. The van der Waals surface area contributed by atoms with Gasteiger partial charge in [-0.2, -0.15) is 0 Å². The van der Waals surface area contributed by atoms with E-state index in [1.165, 1.54) is 25.0 Å². The number of nitrogens with zero attached hydrogens (tertiary/aromatic N) is 2. The predicted molar refractivity (Wildman–Crippen MR) is 94.4 cm³/mol. The van der Waals surface area contributed by atoms with Crippen LogP contribution in [0.15, 0.2) is 23.0 Å². The van der Waals surface area contributed by atoms with Crippen molar-refractivity contribution in [3.63, 3.8) is 0 Å². The maximum absolute atomic E-state index is 14.2. The standard InChI is InChI=1S/C19H22FN3O2/c1-12-8-14-15(10-17(24)21-18(14)16(20)9-12)19(25)23-7-4-13(11-23)22-5-2-3-6-22/h8-10,13H,2-7,11H2,1H3,(H,21,24). The molecule has 0 saturated carbocycles. The highest BCUT2D eigenvalue weighted by Crippen LogP contribution is 2.25. The molecule has 25 heavy (non-hydrogen) atoms. The Hall–Kier alpha value is -2.21. The largest absolute Gasteiger partial charge is 0.337 e. The fourth-order valence-electron chi connectivity index (χ4n) is 4.13. The number of carbonyl (C=O) groups is 1. The van der Waals surface area contributed by atoms with E-state index in [1.807, 2.05) is 0 Å². The van der Waals surface area contributed by atoms with Crippen LogP contribution in [0, 0.1) is 12.7 Å². The molecule has 1 aromatic carbocycles. The third kappa shape index (κ3) is 2.95. The summed E-state index contributed by atoms with van der Waals surface area (Å²) < 4.78 is 14.2. The Morgan fingerprint density at radius 1 is 1.20 bits per heavy atom. The highest BCUT2D eigenvalue weighted by molar-refractivity contribution is 6.06. The molecule has 132 valence electrons. The highest BCUT2D eigenvalue weighted by atomic mass is 19.1. The number of hydrogen-bond donors (Lipinski definition) is 1. The van der Waals surface area contributed by atoms with Gasteiger partial charge in [-0.15, -0.1) is 0 Å². The third-order valence-electron chi connectivity index (χ3n) is 5.39. The Kier molecular flexibility index (Phi) is 4.07. The summed E-state index contributed by atoms with van der Waals surface area (Å²) in [7, 11) is 0. The van der Waals surface area contributed by atoms with Crippen molar-refractivity contribution in [1.29, 1.82) is 0 Å². The summed E-state index contributed by atoms with van der Waals surface area (Å²) in [6, 6.07) is 4.83. The Morgan fingerprint density at radius 3 is 2.72 bits per heavy atom. The minimum atomic E-state index is -0.502. The molecule has 1 aromatic heterocycles. The SMILES string of the molecule is Cc1cc(F)c2[nH]c(=O)cc(C(=O)N3CCC(N4CCCC4)C3)c2c1. The van der Waals surface area contributed by atoms with Crippen LogP contribution in [0.25, 0.3) is 10.9 Å². The summed E-state index contributed by atoms with van der Waals surface area (Å²) in [5.74, 6) is -0.680. The number of aryl methyl sites for hydroxylation is 1. The van der Waals surface area contributed by atoms with Gasteiger partial charge >= 0.3 is 0 Å². The number of nitrogens with one attached hydrogen (secondary N) is 1. The van der Waals surface area contributed by atoms with Crippen molar-refractivity contribution < 1.29 is 9.18 Å². The molecule has 2 saturated heterocycles. The van der Waals surface area contributed by atoms with Crippen LogP contribution < -0.4 is 5.56 Å². The molecule has 5 nitrogen and oxygen atoms in total. The zero-order chi connectivity index (χ0) is 17.6. The van der Waals surface area contributed by atoms with Gasteiger partial charge in [-0.05, 0) is 57.0 Å². The number of fused-ring (bicyclic) bond motifs is 1. The van der Waals surface area contributed by atoms with Crippen LogP contribution in [0.1, 0.15) is 35.2 Å². The van der Waals surface area contributed by atoms with E-state index in [4.69, 9.17) is 0 Å². The Bertz CT molecular complexity index is 886. The number of likely N-dealkylation sites (tertiary alicyclic amines) is 2. The molecule has 1 atom stereocenters. The lowest BCUT2D eigenvalue weighted by atomic mass is 10.0. The van der Waals surface area contributed by atoms with Crippen LogP contribution in [0.3, 0.4) is 0 Å². The molecular weight excluding hydrogens is 321 g/mol. The average molecular weight is 343 g/mol. The van der Waals surface area contributed by atoms with E-state index in [-0.39, 0.29) is 11.4 Å². The maximum atomic E-state index is 14.2. The van der Waals surface area contributed by atoms with Crippen LogP contribution in [0.5, 0.6) is 0 Å². The van der Waals surface area contributed by atoms with Crippen LogP contribution in [-0.2, 0) is 0 Å². The molecule has 1 amide bonds. The molecular formula is C19H22FN3O2. The Morgan fingerprint density at radius 2 is 1.96 bits per heavy atom. The topological polar surface area (TPSA) is 56.4 Å². The van der Waals surface area contributed by atoms with Crippen LogP contribution in [0.4, 0.5) is 4.39 Å². The van der Waals surface area contributed by atoms with Gasteiger partial charge in [0.05, 0.1) is 11.1 Å². The quantitative estimate of drug-likeness (QED) is 0.910. The Labute approximate surface area is 145 Å². The van der Waals surface area contributed by atoms with Gasteiger partial charge in [-0.1, -0.05) is 0 Å². The molecule has 2 aliphatic rings. The summed E-state index contributed by atoms with van der Waals surface area (Å²) in [5, 5.41) is 0.478. The minimum Gasteiger partial charge on any atom is -0.337 e. The second-order valence-electron chi connectivity index (χ2n) is 7.15. The predicted octanol–water partition coefficient (Wildman–Crippen LogP) is 2.29. The molecule has 6 heteroatoms. The van der Waals surface area contributed by atoms with E-state index < -0.39 is 11.4 Å². The summed E-state index contributed by atoms with van der Waals surface area (Å²) in [6.45, 7) is 5.35. The molecule has 2 aromatic rings. The van der Waals surface area contributed by atoms with E-state index in [0.717, 1.165) is 25.1 Å². The lowest BCUT2D eigenvalue weighted by Gasteiger charge is -2.23. The number of pyridine rings is 1. The average Bonchev–Trinajstić information content (AvgIpc) is 3.25. The molecule has 0 spiro atoms. The van der Waals surface area contributed by atoms with E-state index in [0.29, 0.717) is 30.1 Å². The summed E-state index contributed by atoms with van der Waals surface area (Å²) >= 11 is 0. The Balaban J connectivity index is 1.67. The van der Waals surface area contributed by atoms with Crippen LogP contribution >= 0.6 is 0 Å². The van der Waals surface area contributed by atoms with E-state index in [2.05, 4.69) is 9.88 Å². The molecule has 0 radical (unpaired) electrons. The summed E-state index contributed by atoms with van der Waals surface area (Å²) in [4.78, 5) is 31.7. The first-order chi connectivity index (χ1) is 12.0. The smallest absolute Gasteiger partial charge is 0.254 e. The number of aromatic nitrogens is 1. The number of aromatic amines is 1. The van der Waals surface area contributed by atoms with Gasteiger partial charge in [0.15, 0.2) is 0 Å². The van der Waals surface area contributed by atoms with Crippen molar-refractivity contribution in [2.24, 2.45) is 0 Å². The van der Waals surface area contributed by atoms with Gasteiger partial charge in [-0.25, -0.2) is 4.39 Å². The van der Waals surface area contributed by atoms with Gasteiger partial charge in [-0.3, -0.25) is 14.5 Å². The summed E-state index contributed by atoms with van der Waals surface area (Å²) in [6.07, 6.45) is 3.41. The fourth-order valence-corrected chi connectivity index (χ4v) is 4.13. The number of halogens is 1. The van der Waals surface area contributed by atoms with Crippen molar-refractivity contribution in [3.05, 3.63) is 45.5 Å².